The lowest BCUT2D eigenvalue weighted by molar-refractivity contribution is 0.632. The molecule has 1 aliphatic heterocycles. The molecule has 1 spiro atoms. The molecule has 1 nitrogen and oxygen atoms in total. The molecule has 3 aliphatic rings. The Hall–Kier alpha value is -6.44. The van der Waals surface area contributed by atoms with Crippen LogP contribution >= 0.6 is 0 Å². The molecular weight excluding hydrogens is 639 g/mol. The van der Waals surface area contributed by atoms with Crippen molar-refractivity contribution in [1.29, 1.82) is 0 Å². The maximum absolute atomic E-state index is 2.47. The van der Waals surface area contributed by atoms with E-state index in [0.29, 0.717) is 0 Å². The van der Waals surface area contributed by atoms with E-state index < -0.39 is 0 Å². The zero-order valence-corrected chi connectivity index (χ0v) is 29.8. The van der Waals surface area contributed by atoms with E-state index in [9.17, 15) is 0 Å². The minimum absolute atomic E-state index is 0.150. The number of anilines is 3. The Balaban J connectivity index is 1.05. The van der Waals surface area contributed by atoms with Gasteiger partial charge in [-0.3, -0.25) is 0 Å². The minimum Gasteiger partial charge on any atom is -0.310 e. The molecule has 0 aromatic heterocycles. The van der Waals surface area contributed by atoms with Crippen molar-refractivity contribution < 1.29 is 0 Å². The van der Waals surface area contributed by atoms with Gasteiger partial charge in [0, 0.05) is 11.1 Å². The lowest BCUT2D eigenvalue weighted by Crippen LogP contribution is -2.30. The summed E-state index contributed by atoms with van der Waals surface area (Å²) >= 11 is 0. The van der Waals surface area contributed by atoms with E-state index in [1.165, 1.54) is 89.3 Å². The fourth-order valence-corrected chi connectivity index (χ4v) is 9.87. The lowest BCUT2D eigenvalue weighted by Gasteiger charge is -2.42. The number of hydrogen-bond acceptors (Lipinski definition) is 1. The van der Waals surface area contributed by atoms with Gasteiger partial charge in [-0.1, -0.05) is 166 Å². The highest BCUT2D eigenvalue weighted by Crippen LogP contribution is 2.63. The van der Waals surface area contributed by atoms with Crippen LogP contribution in [-0.4, -0.2) is 0 Å². The highest BCUT2D eigenvalue weighted by Gasteiger charge is 2.51. The van der Waals surface area contributed by atoms with Crippen LogP contribution in [0.3, 0.4) is 0 Å². The van der Waals surface area contributed by atoms with Crippen molar-refractivity contribution in [3.8, 4) is 44.5 Å². The fraction of sp³-hybridized carbons (Fsp3) is 0.0769. The predicted octanol–water partition coefficient (Wildman–Crippen LogP) is 13.5. The molecular formula is C52H37N. The average Bonchev–Trinajstić information content (AvgIpc) is 3.69. The van der Waals surface area contributed by atoms with Gasteiger partial charge in [-0.05, 0) is 114 Å². The molecule has 250 valence electrons. The highest BCUT2D eigenvalue weighted by molar-refractivity contribution is 5.96. The summed E-state index contributed by atoms with van der Waals surface area (Å²) in [7, 11) is 0. The monoisotopic (exact) mass is 675 g/mol. The lowest BCUT2D eigenvalue weighted by atomic mass is 9.70. The number of para-hydroxylation sites is 1. The topological polar surface area (TPSA) is 3.24 Å². The molecule has 53 heavy (non-hydrogen) atoms. The summed E-state index contributed by atoms with van der Waals surface area (Å²) in [4.78, 5) is 2.45. The largest absolute Gasteiger partial charge is 0.310 e. The van der Waals surface area contributed by atoms with Crippen LogP contribution < -0.4 is 4.90 Å². The molecule has 11 rings (SSSR count). The van der Waals surface area contributed by atoms with Gasteiger partial charge < -0.3 is 4.90 Å². The van der Waals surface area contributed by atoms with Crippen molar-refractivity contribution in [3.63, 3.8) is 0 Å². The Bertz CT molecular complexity index is 2690. The normalized spacial score (nSPS) is 14.9. The average molecular weight is 676 g/mol. The molecule has 8 aromatic rings. The first kappa shape index (κ1) is 30.2. The molecule has 0 fully saturated rings. The Morgan fingerprint density at radius 2 is 0.755 bits per heavy atom. The SMILES string of the molecule is CC1(C)c2ccccc2N(c2ccc(-c3ccc4c(c3)C3(c5ccccc5-c5ccccc53)c3ccccc3-4)cc2)c2ccc(-c3ccccc3)cc21. The third kappa shape index (κ3) is 4.08. The number of nitrogens with zero attached hydrogens (tertiary/aromatic N) is 1. The fourth-order valence-electron chi connectivity index (χ4n) is 9.87. The molecule has 0 saturated heterocycles. The molecule has 0 atom stereocenters. The van der Waals surface area contributed by atoms with Crippen molar-refractivity contribution in [1.82, 2.24) is 0 Å². The molecule has 0 radical (unpaired) electrons. The first-order valence-corrected chi connectivity index (χ1v) is 18.7. The van der Waals surface area contributed by atoms with Crippen molar-refractivity contribution >= 4 is 17.1 Å². The van der Waals surface area contributed by atoms with Gasteiger partial charge in [0.1, 0.15) is 0 Å². The zero-order chi connectivity index (χ0) is 35.3. The van der Waals surface area contributed by atoms with Crippen molar-refractivity contribution in [3.05, 3.63) is 221 Å². The summed E-state index contributed by atoms with van der Waals surface area (Å²) in [5.74, 6) is 0. The first-order chi connectivity index (χ1) is 26.0. The quantitative estimate of drug-likeness (QED) is 0.180. The van der Waals surface area contributed by atoms with Crippen molar-refractivity contribution in [2.24, 2.45) is 0 Å². The van der Waals surface area contributed by atoms with Crippen LogP contribution in [-0.2, 0) is 10.8 Å². The summed E-state index contributed by atoms with van der Waals surface area (Å²) in [6.07, 6.45) is 0. The predicted molar refractivity (Wildman–Crippen MR) is 220 cm³/mol. The molecule has 0 bridgehead atoms. The summed E-state index contributed by atoms with van der Waals surface area (Å²) in [6, 6.07) is 70.1. The van der Waals surface area contributed by atoms with Gasteiger partial charge in [-0.25, -0.2) is 0 Å². The summed E-state index contributed by atoms with van der Waals surface area (Å²) in [5.41, 5.74) is 21.6. The number of rotatable bonds is 3. The van der Waals surface area contributed by atoms with E-state index in [0.717, 1.165) is 5.69 Å². The van der Waals surface area contributed by atoms with E-state index in [2.05, 4.69) is 207 Å². The Morgan fingerprint density at radius 3 is 1.38 bits per heavy atom. The van der Waals surface area contributed by atoms with Gasteiger partial charge >= 0.3 is 0 Å². The van der Waals surface area contributed by atoms with Crippen LogP contribution in [0.25, 0.3) is 44.5 Å². The molecule has 0 N–H and O–H groups in total. The number of fused-ring (bicyclic) bond motifs is 12. The van der Waals surface area contributed by atoms with Gasteiger partial charge in [-0.2, -0.15) is 0 Å². The van der Waals surface area contributed by atoms with Crippen molar-refractivity contribution in [2.45, 2.75) is 24.7 Å². The van der Waals surface area contributed by atoms with E-state index in [-0.39, 0.29) is 10.8 Å². The van der Waals surface area contributed by atoms with Gasteiger partial charge in [0.15, 0.2) is 0 Å². The third-order valence-electron chi connectivity index (χ3n) is 12.3. The molecule has 0 unspecified atom stereocenters. The smallest absolute Gasteiger partial charge is 0.0725 e. The molecule has 1 heteroatoms. The Morgan fingerprint density at radius 1 is 0.321 bits per heavy atom. The highest BCUT2D eigenvalue weighted by atomic mass is 15.2. The molecule has 8 aromatic carbocycles. The summed E-state index contributed by atoms with van der Waals surface area (Å²) in [5, 5.41) is 0. The maximum atomic E-state index is 2.47. The molecule has 0 saturated carbocycles. The van der Waals surface area contributed by atoms with E-state index in [1.807, 2.05) is 0 Å². The zero-order valence-electron chi connectivity index (χ0n) is 29.8. The summed E-state index contributed by atoms with van der Waals surface area (Å²) in [6.45, 7) is 4.72. The Kier molecular flexibility index (Phi) is 6.29. The van der Waals surface area contributed by atoms with Crippen LogP contribution in [0.5, 0.6) is 0 Å². The molecule has 0 amide bonds. The van der Waals surface area contributed by atoms with Crippen LogP contribution in [0.2, 0.25) is 0 Å². The van der Waals surface area contributed by atoms with Crippen LogP contribution in [0.4, 0.5) is 17.1 Å². The van der Waals surface area contributed by atoms with Crippen LogP contribution in [0, 0.1) is 0 Å². The third-order valence-corrected chi connectivity index (χ3v) is 12.3. The second-order valence-corrected chi connectivity index (χ2v) is 15.3. The Labute approximate surface area is 311 Å². The van der Waals surface area contributed by atoms with Gasteiger partial charge in [0.25, 0.3) is 0 Å². The molecule has 2 aliphatic carbocycles. The first-order valence-electron chi connectivity index (χ1n) is 18.7. The van der Waals surface area contributed by atoms with E-state index in [4.69, 9.17) is 0 Å². The van der Waals surface area contributed by atoms with Crippen LogP contribution in [0.15, 0.2) is 188 Å². The standard InChI is InChI=1S/C52H37N/c1-51(2)46-22-12-13-23-49(46)53(50-31-27-37(33-48(50)51)34-14-4-3-5-15-34)38-28-24-35(25-29-38)36-26-30-42-41-18-8-11-21-45(41)52(47(42)32-36)43-19-9-6-16-39(43)40-17-7-10-20-44(40)52/h3-33H,1-2H3. The van der Waals surface area contributed by atoms with Gasteiger partial charge in [0.2, 0.25) is 0 Å². The van der Waals surface area contributed by atoms with Gasteiger partial charge in [0.05, 0.1) is 16.8 Å². The number of hydrogen-bond donors (Lipinski definition) is 0. The maximum Gasteiger partial charge on any atom is 0.0725 e. The van der Waals surface area contributed by atoms with Crippen LogP contribution in [0.1, 0.15) is 47.2 Å². The molecule has 1 heterocycles. The van der Waals surface area contributed by atoms with Crippen molar-refractivity contribution in [2.75, 3.05) is 4.90 Å². The summed E-state index contributed by atoms with van der Waals surface area (Å²) < 4.78 is 0. The van der Waals surface area contributed by atoms with E-state index in [1.54, 1.807) is 0 Å². The second-order valence-electron chi connectivity index (χ2n) is 15.3. The minimum atomic E-state index is -0.346. The van der Waals surface area contributed by atoms with Gasteiger partial charge in [-0.15, -0.1) is 0 Å². The van der Waals surface area contributed by atoms with E-state index >= 15 is 0 Å². The second kappa shape index (κ2) is 11.0. The number of benzene rings is 8.